The van der Waals surface area contributed by atoms with Crippen LogP contribution >= 0.6 is 11.3 Å². The van der Waals surface area contributed by atoms with Crippen molar-refractivity contribution in [3.05, 3.63) is 24.3 Å². The molecule has 2 aromatic rings. The van der Waals surface area contributed by atoms with Crippen LogP contribution < -0.4 is 10.6 Å². The highest BCUT2D eigenvalue weighted by Gasteiger charge is 2.21. The molecule has 2 amide bonds. The Labute approximate surface area is 147 Å². The highest BCUT2D eigenvalue weighted by atomic mass is 32.1. The normalized spacial score (nSPS) is 21.8. The van der Waals surface area contributed by atoms with Crippen LogP contribution in [0.4, 0.5) is 9.93 Å². The minimum Gasteiger partial charge on any atom is -0.338 e. The van der Waals surface area contributed by atoms with Gasteiger partial charge in [0.2, 0.25) is 0 Å². The smallest absolute Gasteiger partial charge is 0.321 e. The fourth-order valence-corrected chi connectivity index (χ4v) is 4.41. The number of nitrogens with one attached hydrogen (secondary N) is 2. The van der Waals surface area contributed by atoms with E-state index in [4.69, 9.17) is 0 Å². The minimum absolute atomic E-state index is 0.172. The van der Waals surface area contributed by atoms with Gasteiger partial charge < -0.3 is 10.2 Å². The van der Waals surface area contributed by atoms with Crippen molar-refractivity contribution in [2.75, 3.05) is 31.5 Å². The summed E-state index contributed by atoms with van der Waals surface area (Å²) in [4.78, 5) is 18.9. The molecule has 1 aromatic carbocycles. The fraction of sp³-hybridized carbons (Fsp3) is 0.556. The van der Waals surface area contributed by atoms with E-state index < -0.39 is 0 Å². The van der Waals surface area contributed by atoms with Gasteiger partial charge in [-0.25, -0.2) is 9.78 Å². The summed E-state index contributed by atoms with van der Waals surface area (Å²) in [6.07, 6.45) is 2.31. The Balaban J connectivity index is 1.38. The molecule has 1 aliphatic heterocycles. The second-order valence-electron chi connectivity index (χ2n) is 6.93. The molecule has 0 unspecified atom stereocenters. The number of likely N-dealkylation sites (tertiary alicyclic amines) is 1. The fourth-order valence-electron chi connectivity index (χ4n) is 3.55. The molecule has 130 valence electrons. The molecule has 2 atom stereocenters. The molecule has 0 radical (unpaired) electrons. The third kappa shape index (κ3) is 4.68. The number of thiazole rings is 1. The Kier molecular flexibility index (Phi) is 5.68. The maximum Gasteiger partial charge on any atom is 0.321 e. The van der Waals surface area contributed by atoms with Crippen molar-refractivity contribution in [1.29, 1.82) is 0 Å². The summed E-state index contributed by atoms with van der Waals surface area (Å²) in [5.74, 6) is 1.56. The number of benzene rings is 1. The zero-order chi connectivity index (χ0) is 16.9. The van der Waals surface area contributed by atoms with Crippen molar-refractivity contribution in [3.8, 4) is 0 Å². The third-order valence-corrected chi connectivity index (χ3v) is 5.35. The van der Waals surface area contributed by atoms with Gasteiger partial charge in [-0.2, -0.15) is 0 Å². The largest absolute Gasteiger partial charge is 0.338 e. The van der Waals surface area contributed by atoms with E-state index in [0.717, 1.165) is 35.0 Å². The van der Waals surface area contributed by atoms with E-state index in [1.807, 2.05) is 24.3 Å². The van der Waals surface area contributed by atoms with E-state index in [9.17, 15) is 4.79 Å². The van der Waals surface area contributed by atoms with Crippen LogP contribution in [0.2, 0.25) is 0 Å². The summed E-state index contributed by atoms with van der Waals surface area (Å²) < 4.78 is 1.08. The van der Waals surface area contributed by atoms with Gasteiger partial charge in [0.1, 0.15) is 0 Å². The lowest BCUT2D eigenvalue weighted by molar-refractivity contribution is 0.140. The summed E-state index contributed by atoms with van der Waals surface area (Å²) >= 11 is 1.50. The highest BCUT2D eigenvalue weighted by molar-refractivity contribution is 7.22. The minimum atomic E-state index is -0.172. The molecule has 1 aromatic heterocycles. The van der Waals surface area contributed by atoms with Gasteiger partial charge in [-0.15, -0.1) is 0 Å². The Morgan fingerprint density at radius 2 is 2.04 bits per heavy atom. The molecular formula is C18H26N4OS. The number of amides is 2. The number of fused-ring (bicyclic) bond motifs is 1. The van der Waals surface area contributed by atoms with Gasteiger partial charge in [-0.1, -0.05) is 37.3 Å². The van der Waals surface area contributed by atoms with Gasteiger partial charge in [0.15, 0.2) is 5.13 Å². The number of carbonyl (C=O) groups is 1. The zero-order valence-corrected chi connectivity index (χ0v) is 15.2. The Morgan fingerprint density at radius 3 is 2.79 bits per heavy atom. The van der Waals surface area contributed by atoms with Crippen LogP contribution in [0.15, 0.2) is 24.3 Å². The first kappa shape index (κ1) is 17.2. The summed E-state index contributed by atoms with van der Waals surface area (Å²) in [6.45, 7) is 8.76. The second-order valence-corrected chi connectivity index (χ2v) is 7.96. The van der Waals surface area contributed by atoms with Gasteiger partial charge in [-0.3, -0.25) is 5.32 Å². The number of para-hydroxylation sites is 1. The number of hydrogen-bond donors (Lipinski definition) is 2. The van der Waals surface area contributed by atoms with E-state index in [0.29, 0.717) is 11.7 Å². The summed E-state index contributed by atoms with van der Waals surface area (Å²) in [7, 11) is 0. The molecule has 1 aliphatic rings. The number of piperidine rings is 1. The summed E-state index contributed by atoms with van der Waals surface area (Å²) in [6, 6.07) is 7.72. The van der Waals surface area contributed by atoms with Crippen LogP contribution in [0.25, 0.3) is 10.2 Å². The lowest BCUT2D eigenvalue weighted by Crippen LogP contribution is -2.40. The maximum atomic E-state index is 12.0. The van der Waals surface area contributed by atoms with Crippen molar-refractivity contribution in [3.63, 3.8) is 0 Å². The molecule has 0 spiro atoms. The Hall–Kier alpha value is -1.66. The molecule has 0 bridgehead atoms. The van der Waals surface area contributed by atoms with Crippen molar-refractivity contribution in [2.24, 2.45) is 11.8 Å². The summed E-state index contributed by atoms with van der Waals surface area (Å²) in [5, 5.41) is 6.40. The molecule has 2 N–H and O–H groups in total. The molecule has 0 saturated carbocycles. The van der Waals surface area contributed by atoms with Crippen molar-refractivity contribution < 1.29 is 4.79 Å². The average Bonchev–Trinajstić information content (AvgIpc) is 2.92. The molecule has 5 nitrogen and oxygen atoms in total. The molecule has 3 rings (SSSR count). The van der Waals surface area contributed by atoms with Gasteiger partial charge in [0.05, 0.1) is 10.2 Å². The molecule has 24 heavy (non-hydrogen) atoms. The molecule has 0 aliphatic carbocycles. The third-order valence-electron chi connectivity index (χ3n) is 4.40. The van der Waals surface area contributed by atoms with Crippen molar-refractivity contribution >= 4 is 32.7 Å². The zero-order valence-electron chi connectivity index (χ0n) is 14.4. The SMILES string of the molecule is C[C@@H]1C[C@@H](C)CN(CCCNC(=O)Nc2nc3ccccc3s2)C1. The van der Waals surface area contributed by atoms with Crippen molar-refractivity contribution in [2.45, 2.75) is 26.7 Å². The quantitative estimate of drug-likeness (QED) is 0.810. The summed E-state index contributed by atoms with van der Waals surface area (Å²) in [5.41, 5.74) is 0.922. The Bertz CT molecular complexity index is 643. The number of anilines is 1. The van der Waals surface area contributed by atoms with Crippen LogP contribution in [0, 0.1) is 11.8 Å². The standard InChI is InChI=1S/C18H26N4OS/c1-13-10-14(2)12-22(11-13)9-5-8-19-17(23)21-18-20-15-6-3-4-7-16(15)24-18/h3-4,6-7,13-14H,5,8-12H2,1-2H3,(H2,19,20,21,23)/t13-,14-/m1/s1. The van der Waals surface area contributed by atoms with Gasteiger partial charge in [0, 0.05) is 19.6 Å². The van der Waals surface area contributed by atoms with Crippen LogP contribution in [-0.4, -0.2) is 42.1 Å². The van der Waals surface area contributed by atoms with Crippen LogP contribution in [0.5, 0.6) is 0 Å². The van der Waals surface area contributed by atoms with E-state index >= 15 is 0 Å². The molecular weight excluding hydrogens is 320 g/mol. The predicted molar refractivity (Wildman–Crippen MR) is 101 cm³/mol. The average molecular weight is 347 g/mol. The van der Waals surface area contributed by atoms with E-state index in [1.165, 1.54) is 30.8 Å². The van der Waals surface area contributed by atoms with Crippen LogP contribution in [0.1, 0.15) is 26.7 Å². The molecule has 1 fully saturated rings. The highest BCUT2D eigenvalue weighted by Crippen LogP contribution is 2.25. The van der Waals surface area contributed by atoms with E-state index in [2.05, 4.69) is 34.4 Å². The first-order chi connectivity index (χ1) is 11.6. The van der Waals surface area contributed by atoms with Gasteiger partial charge in [-0.05, 0) is 43.4 Å². The van der Waals surface area contributed by atoms with Crippen LogP contribution in [-0.2, 0) is 0 Å². The van der Waals surface area contributed by atoms with Gasteiger partial charge >= 0.3 is 6.03 Å². The number of carbonyl (C=O) groups excluding carboxylic acids is 1. The number of urea groups is 1. The molecule has 6 heteroatoms. The maximum absolute atomic E-state index is 12.0. The first-order valence-corrected chi connectivity index (χ1v) is 9.54. The number of hydrogen-bond acceptors (Lipinski definition) is 4. The lowest BCUT2D eigenvalue weighted by atomic mass is 9.92. The van der Waals surface area contributed by atoms with E-state index in [1.54, 1.807) is 0 Å². The number of rotatable bonds is 5. The number of aromatic nitrogens is 1. The Morgan fingerprint density at radius 1 is 1.29 bits per heavy atom. The topological polar surface area (TPSA) is 57.3 Å². The van der Waals surface area contributed by atoms with Crippen molar-refractivity contribution in [1.82, 2.24) is 15.2 Å². The predicted octanol–water partition coefficient (Wildman–Crippen LogP) is 3.79. The van der Waals surface area contributed by atoms with E-state index in [-0.39, 0.29) is 6.03 Å². The van der Waals surface area contributed by atoms with Crippen LogP contribution in [0.3, 0.4) is 0 Å². The van der Waals surface area contributed by atoms with Gasteiger partial charge in [0.25, 0.3) is 0 Å². The molecule has 1 saturated heterocycles. The monoisotopic (exact) mass is 346 g/mol. The second kappa shape index (κ2) is 7.94. The molecule has 2 heterocycles. The first-order valence-electron chi connectivity index (χ1n) is 8.73. The number of nitrogens with zero attached hydrogens (tertiary/aromatic N) is 2. The lowest BCUT2D eigenvalue weighted by Gasteiger charge is -2.34.